The number of benzene rings is 2. The van der Waals surface area contributed by atoms with Gasteiger partial charge in [-0.15, -0.1) is 10.2 Å². The number of nitrogens with zero attached hydrogens (tertiary/aromatic N) is 4. The molecule has 1 aliphatic heterocycles. The van der Waals surface area contributed by atoms with E-state index in [9.17, 15) is 18.3 Å². The van der Waals surface area contributed by atoms with Crippen molar-refractivity contribution in [2.45, 2.75) is 37.6 Å². The summed E-state index contributed by atoms with van der Waals surface area (Å²) in [7, 11) is -3.55. The molecule has 1 fully saturated rings. The fourth-order valence-corrected chi connectivity index (χ4v) is 5.43. The number of aryl methyl sites for hydroxylation is 1. The van der Waals surface area contributed by atoms with Gasteiger partial charge in [0.1, 0.15) is 0 Å². The van der Waals surface area contributed by atoms with Crippen LogP contribution in [0.3, 0.4) is 0 Å². The lowest BCUT2D eigenvalue weighted by Crippen LogP contribution is -2.40. The highest BCUT2D eigenvalue weighted by atomic mass is 32.2. The van der Waals surface area contributed by atoms with E-state index in [1.54, 1.807) is 28.8 Å². The van der Waals surface area contributed by atoms with Gasteiger partial charge in [0.25, 0.3) is 5.91 Å². The van der Waals surface area contributed by atoms with Gasteiger partial charge < -0.3 is 14.4 Å². The molecule has 1 aromatic heterocycles. The van der Waals surface area contributed by atoms with Crippen molar-refractivity contribution in [3.8, 4) is 5.88 Å². The largest absolute Gasteiger partial charge is 0.493 e. The van der Waals surface area contributed by atoms with Crippen LogP contribution in [0.4, 0.5) is 5.69 Å². The second-order valence-corrected chi connectivity index (χ2v) is 10.3. The first-order valence-electron chi connectivity index (χ1n) is 11.2. The summed E-state index contributed by atoms with van der Waals surface area (Å²) in [6.45, 7) is 5.38. The van der Waals surface area contributed by atoms with E-state index in [0.717, 1.165) is 16.5 Å². The first-order valence-corrected chi connectivity index (χ1v) is 12.7. The summed E-state index contributed by atoms with van der Waals surface area (Å²) in [5.41, 5.74) is 1.92. The molecule has 1 aliphatic rings. The molecule has 2 heterocycles. The van der Waals surface area contributed by atoms with Crippen LogP contribution in [0, 0.1) is 0 Å². The van der Waals surface area contributed by atoms with Crippen LogP contribution in [0.5, 0.6) is 5.88 Å². The van der Waals surface area contributed by atoms with E-state index >= 15 is 0 Å². The SMILES string of the molecule is CC(C)n1c(O)c(N=NC(=O)CCc2ccc(S(=O)(=O)N3CCOCC3)cc2)c2ccccc21. The van der Waals surface area contributed by atoms with E-state index in [1.807, 2.05) is 38.1 Å². The number of azo groups is 1. The molecular formula is C24H28N4O5S. The highest BCUT2D eigenvalue weighted by Crippen LogP contribution is 2.40. The summed E-state index contributed by atoms with van der Waals surface area (Å²) in [6.07, 6.45) is 0.512. The molecular weight excluding hydrogens is 456 g/mol. The molecule has 3 aromatic rings. The maximum absolute atomic E-state index is 12.7. The minimum absolute atomic E-state index is 0.0135. The Hall–Kier alpha value is -3.08. The third kappa shape index (κ3) is 4.89. The van der Waals surface area contributed by atoms with Gasteiger partial charge in [0.05, 0.1) is 23.6 Å². The van der Waals surface area contributed by atoms with Crippen LogP contribution >= 0.6 is 0 Å². The monoisotopic (exact) mass is 484 g/mol. The van der Waals surface area contributed by atoms with Gasteiger partial charge in [-0.1, -0.05) is 30.3 Å². The van der Waals surface area contributed by atoms with Crippen molar-refractivity contribution in [3.63, 3.8) is 0 Å². The number of morpholine rings is 1. The molecule has 0 saturated carbocycles. The van der Waals surface area contributed by atoms with Crippen LogP contribution in [0.25, 0.3) is 10.9 Å². The van der Waals surface area contributed by atoms with Gasteiger partial charge in [-0.05, 0) is 44.0 Å². The maximum atomic E-state index is 12.7. The van der Waals surface area contributed by atoms with Gasteiger partial charge >= 0.3 is 0 Å². The lowest BCUT2D eigenvalue weighted by atomic mass is 10.1. The molecule has 1 amide bonds. The Morgan fingerprint density at radius 3 is 2.44 bits per heavy atom. The molecule has 0 spiro atoms. The van der Waals surface area contributed by atoms with Gasteiger partial charge in [0.15, 0.2) is 5.69 Å². The van der Waals surface area contributed by atoms with E-state index in [0.29, 0.717) is 32.7 Å². The lowest BCUT2D eigenvalue weighted by Gasteiger charge is -2.26. The average molecular weight is 485 g/mol. The van der Waals surface area contributed by atoms with Gasteiger partial charge in [0.2, 0.25) is 15.9 Å². The maximum Gasteiger partial charge on any atom is 0.265 e. The number of ether oxygens (including phenoxy) is 1. The second kappa shape index (κ2) is 10.0. The molecule has 0 unspecified atom stereocenters. The number of rotatable bonds is 7. The van der Waals surface area contributed by atoms with E-state index in [2.05, 4.69) is 10.2 Å². The molecule has 1 saturated heterocycles. The zero-order valence-electron chi connectivity index (χ0n) is 19.2. The molecule has 0 radical (unpaired) electrons. The number of hydrogen-bond acceptors (Lipinski definition) is 6. The minimum atomic E-state index is -3.55. The molecule has 9 nitrogen and oxygen atoms in total. The van der Waals surface area contributed by atoms with Crippen molar-refractivity contribution >= 4 is 32.5 Å². The molecule has 4 rings (SSSR count). The third-order valence-electron chi connectivity index (χ3n) is 5.80. The van der Waals surface area contributed by atoms with Crippen LogP contribution in [-0.4, -0.2) is 54.6 Å². The number of amides is 1. The van der Waals surface area contributed by atoms with Crippen molar-refractivity contribution < 1.29 is 23.1 Å². The third-order valence-corrected chi connectivity index (χ3v) is 7.71. The normalized spacial score (nSPS) is 15.5. The Morgan fingerprint density at radius 2 is 1.76 bits per heavy atom. The fraction of sp³-hybridized carbons (Fsp3) is 0.375. The summed E-state index contributed by atoms with van der Waals surface area (Å²) in [5, 5.41) is 19.2. The summed E-state index contributed by atoms with van der Waals surface area (Å²) in [4.78, 5) is 12.6. The van der Waals surface area contributed by atoms with Crippen molar-refractivity contribution in [2.24, 2.45) is 10.2 Å². The molecule has 0 atom stereocenters. The van der Waals surface area contributed by atoms with Crippen LogP contribution in [0.2, 0.25) is 0 Å². The second-order valence-electron chi connectivity index (χ2n) is 8.41. The van der Waals surface area contributed by atoms with Crippen molar-refractivity contribution in [2.75, 3.05) is 26.3 Å². The number of fused-ring (bicyclic) bond motifs is 1. The zero-order chi connectivity index (χ0) is 24.3. The average Bonchev–Trinajstić information content (AvgIpc) is 3.13. The smallest absolute Gasteiger partial charge is 0.265 e. The van der Waals surface area contributed by atoms with Gasteiger partial charge in [-0.2, -0.15) is 4.31 Å². The van der Waals surface area contributed by atoms with Gasteiger partial charge in [-0.3, -0.25) is 4.79 Å². The molecule has 10 heteroatoms. The molecule has 2 aromatic carbocycles. The van der Waals surface area contributed by atoms with E-state index < -0.39 is 15.9 Å². The molecule has 1 N–H and O–H groups in total. The summed E-state index contributed by atoms with van der Waals surface area (Å²) in [5.74, 6) is -0.449. The number of sulfonamides is 1. The zero-order valence-corrected chi connectivity index (χ0v) is 20.0. The Bertz CT molecular complexity index is 1310. The van der Waals surface area contributed by atoms with Gasteiger partial charge in [0, 0.05) is 30.9 Å². The van der Waals surface area contributed by atoms with E-state index in [-0.39, 0.29) is 28.9 Å². The van der Waals surface area contributed by atoms with Crippen molar-refractivity contribution in [1.29, 1.82) is 0 Å². The highest BCUT2D eigenvalue weighted by molar-refractivity contribution is 7.89. The number of carbonyl (C=O) groups is 1. The molecule has 0 bridgehead atoms. The Labute approximate surface area is 198 Å². The molecule has 34 heavy (non-hydrogen) atoms. The van der Waals surface area contributed by atoms with Crippen LogP contribution in [-0.2, 0) is 26.0 Å². The first-order chi connectivity index (χ1) is 16.3. The van der Waals surface area contributed by atoms with Crippen molar-refractivity contribution in [1.82, 2.24) is 8.87 Å². The van der Waals surface area contributed by atoms with Gasteiger partial charge in [-0.25, -0.2) is 8.42 Å². The Kier molecular flexibility index (Phi) is 7.11. The Balaban J connectivity index is 1.42. The fourth-order valence-electron chi connectivity index (χ4n) is 4.03. The topological polar surface area (TPSA) is 114 Å². The predicted molar refractivity (Wildman–Crippen MR) is 128 cm³/mol. The van der Waals surface area contributed by atoms with Crippen LogP contribution in [0.15, 0.2) is 63.7 Å². The van der Waals surface area contributed by atoms with E-state index in [1.165, 1.54) is 4.31 Å². The highest BCUT2D eigenvalue weighted by Gasteiger charge is 2.26. The number of hydrogen-bond donors (Lipinski definition) is 1. The summed E-state index contributed by atoms with van der Waals surface area (Å²) < 4.78 is 33.8. The molecule has 0 aliphatic carbocycles. The van der Waals surface area contributed by atoms with E-state index in [4.69, 9.17) is 4.74 Å². The first kappa shape index (κ1) is 24.1. The number of aromatic nitrogens is 1. The molecule has 180 valence electrons. The summed E-state index contributed by atoms with van der Waals surface area (Å²) >= 11 is 0. The van der Waals surface area contributed by atoms with Crippen molar-refractivity contribution in [3.05, 3.63) is 54.1 Å². The number of carbonyl (C=O) groups excluding carboxylic acids is 1. The number of aromatic hydroxyl groups is 1. The lowest BCUT2D eigenvalue weighted by molar-refractivity contribution is -0.118. The Morgan fingerprint density at radius 1 is 1.09 bits per heavy atom. The standard InChI is InChI=1S/C24H28N4O5S/c1-17(2)28-21-6-4-3-5-20(21)23(24(28)30)26-25-22(29)12-9-18-7-10-19(11-8-18)34(31,32)27-13-15-33-16-14-27/h3-8,10-11,17,30H,9,12-16H2,1-2H3. The van der Waals surface area contributed by atoms with Crippen LogP contribution in [0.1, 0.15) is 31.9 Å². The summed E-state index contributed by atoms with van der Waals surface area (Å²) in [6, 6.07) is 14.0. The quantitative estimate of drug-likeness (QED) is 0.505. The predicted octanol–water partition coefficient (Wildman–Crippen LogP) is 4.19. The van der Waals surface area contributed by atoms with Crippen LogP contribution < -0.4 is 0 Å². The minimum Gasteiger partial charge on any atom is -0.493 e. The number of para-hydroxylation sites is 1.